The van der Waals surface area contributed by atoms with Crippen molar-refractivity contribution in [2.45, 2.75) is 20.0 Å². The standard InChI is InChI=1S/C18H21BrN2O3S/c1-2-21(12-18(22)20-10-14-4-3-7-25-14)11-13-8-16-17(9-15(13)19)24-6-5-23-16/h3-4,7-9H,2,5-6,10-12H2,1H3,(H,20,22). The van der Waals surface area contributed by atoms with E-state index >= 15 is 0 Å². The summed E-state index contributed by atoms with van der Waals surface area (Å²) in [5.74, 6) is 1.56. The molecule has 1 aliphatic rings. The SMILES string of the molecule is CCN(CC(=O)NCc1cccs1)Cc1cc2c(cc1Br)OCCO2. The van der Waals surface area contributed by atoms with Crippen molar-refractivity contribution in [2.24, 2.45) is 0 Å². The first-order valence-corrected chi connectivity index (χ1v) is 9.92. The third-order valence-electron chi connectivity index (χ3n) is 3.96. The van der Waals surface area contributed by atoms with Gasteiger partial charge in [-0.05, 0) is 35.7 Å². The maximum absolute atomic E-state index is 12.2. The molecule has 1 aromatic carbocycles. The summed E-state index contributed by atoms with van der Waals surface area (Å²) >= 11 is 5.24. The molecular weight excluding hydrogens is 404 g/mol. The second-order valence-corrected chi connectivity index (χ2v) is 7.63. The zero-order chi connectivity index (χ0) is 17.6. The van der Waals surface area contributed by atoms with Gasteiger partial charge in [0.1, 0.15) is 13.2 Å². The molecule has 1 aromatic heterocycles. The number of carbonyl (C=O) groups is 1. The maximum atomic E-state index is 12.2. The van der Waals surface area contributed by atoms with E-state index in [1.54, 1.807) is 11.3 Å². The number of thiophene rings is 1. The highest BCUT2D eigenvalue weighted by molar-refractivity contribution is 9.10. The molecule has 0 saturated heterocycles. The Labute approximate surface area is 160 Å². The van der Waals surface area contributed by atoms with Crippen LogP contribution in [-0.2, 0) is 17.9 Å². The van der Waals surface area contributed by atoms with Crippen LogP contribution in [0, 0.1) is 0 Å². The first kappa shape index (κ1) is 18.2. The topological polar surface area (TPSA) is 50.8 Å². The Bertz CT molecular complexity index is 721. The minimum atomic E-state index is 0.0314. The zero-order valence-electron chi connectivity index (χ0n) is 14.1. The van der Waals surface area contributed by atoms with E-state index in [4.69, 9.17) is 9.47 Å². The molecular formula is C18H21BrN2O3S. The largest absolute Gasteiger partial charge is 0.486 e. The summed E-state index contributed by atoms with van der Waals surface area (Å²) in [5.41, 5.74) is 1.08. The van der Waals surface area contributed by atoms with Crippen molar-refractivity contribution < 1.29 is 14.3 Å². The number of amides is 1. The lowest BCUT2D eigenvalue weighted by molar-refractivity contribution is -0.122. The smallest absolute Gasteiger partial charge is 0.234 e. The van der Waals surface area contributed by atoms with Crippen LogP contribution < -0.4 is 14.8 Å². The van der Waals surface area contributed by atoms with Gasteiger partial charge in [0.25, 0.3) is 0 Å². The Morgan fingerprint density at radius 1 is 1.32 bits per heavy atom. The number of rotatable bonds is 7. The monoisotopic (exact) mass is 424 g/mol. The van der Waals surface area contributed by atoms with Gasteiger partial charge in [0.15, 0.2) is 11.5 Å². The number of benzene rings is 1. The molecule has 3 rings (SSSR count). The molecule has 5 nitrogen and oxygen atoms in total. The van der Waals surface area contributed by atoms with Crippen LogP contribution in [0.2, 0.25) is 0 Å². The van der Waals surface area contributed by atoms with E-state index in [9.17, 15) is 4.79 Å². The third-order valence-corrected chi connectivity index (χ3v) is 5.57. The normalized spacial score (nSPS) is 13.1. The summed E-state index contributed by atoms with van der Waals surface area (Å²) in [6.45, 7) is 5.59. The van der Waals surface area contributed by atoms with Gasteiger partial charge < -0.3 is 14.8 Å². The predicted molar refractivity (Wildman–Crippen MR) is 102 cm³/mol. The molecule has 1 amide bonds. The molecule has 0 atom stereocenters. The van der Waals surface area contributed by atoms with Crippen LogP contribution in [-0.4, -0.2) is 37.1 Å². The Kier molecular flexibility index (Phi) is 6.34. The number of fused-ring (bicyclic) bond motifs is 1. The average molecular weight is 425 g/mol. The fourth-order valence-electron chi connectivity index (χ4n) is 2.61. The van der Waals surface area contributed by atoms with Gasteiger partial charge in [0, 0.05) is 15.9 Å². The molecule has 0 bridgehead atoms. The molecule has 0 unspecified atom stereocenters. The molecule has 2 heterocycles. The van der Waals surface area contributed by atoms with Crippen molar-refractivity contribution in [3.8, 4) is 11.5 Å². The predicted octanol–water partition coefficient (Wildman–Crippen LogP) is 3.42. The van der Waals surface area contributed by atoms with E-state index in [0.717, 1.165) is 33.0 Å². The van der Waals surface area contributed by atoms with Gasteiger partial charge in [-0.2, -0.15) is 0 Å². The molecule has 0 aliphatic carbocycles. The van der Waals surface area contributed by atoms with Crippen LogP contribution in [0.3, 0.4) is 0 Å². The fraction of sp³-hybridized carbons (Fsp3) is 0.389. The van der Waals surface area contributed by atoms with E-state index in [2.05, 4.69) is 33.1 Å². The fourth-order valence-corrected chi connectivity index (χ4v) is 3.70. The van der Waals surface area contributed by atoms with E-state index < -0.39 is 0 Å². The lowest BCUT2D eigenvalue weighted by atomic mass is 10.1. The molecule has 2 aromatic rings. The van der Waals surface area contributed by atoms with Crippen LogP contribution in [0.15, 0.2) is 34.1 Å². The quantitative estimate of drug-likeness (QED) is 0.739. The van der Waals surface area contributed by atoms with Gasteiger partial charge in [-0.1, -0.05) is 28.9 Å². The second-order valence-electron chi connectivity index (χ2n) is 5.75. The van der Waals surface area contributed by atoms with Crippen molar-refractivity contribution >= 4 is 33.2 Å². The summed E-state index contributed by atoms with van der Waals surface area (Å²) < 4.78 is 12.2. The van der Waals surface area contributed by atoms with Crippen molar-refractivity contribution in [1.29, 1.82) is 0 Å². The molecule has 0 spiro atoms. The minimum Gasteiger partial charge on any atom is -0.486 e. The van der Waals surface area contributed by atoms with Gasteiger partial charge in [-0.3, -0.25) is 9.69 Å². The van der Waals surface area contributed by atoms with Crippen molar-refractivity contribution in [3.63, 3.8) is 0 Å². The lowest BCUT2D eigenvalue weighted by Crippen LogP contribution is -2.36. The zero-order valence-corrected chi connectivity index (χ0v) is 16.5. The third kappa shape index (κ3) is 4.96. The van der Waals surface area contributed by atoms with Crippen LogP contribution >= 0.6 is 27.3 Å². The summed E-state index contributed by atoms with van der Waals surface area (Å²) in [7, 11) is 0. The average Bonchev–Trinajstić information content (AvgIpc) is 3.13. The van der Waals surface area contributed by atoms with Gasteiger partial charge in [-0.25, -0.2) is 0 Å². The first-order valence-electron chi connectivity index (χ1n) is 8.25. The maximum Gasteiger partial charge on any atom is 0.234 e. The highest BCUT2D eigenvalue weighted by Gasteiger charge is 2.17. The summed E-state index contributed by atoms with van der Waals surface area (Å²) in [5, 5.41) is 4.99. The molecule has 25 heavy (non-hydrogen) atoms. The Balaban J connectivity index is 1.59. The highest BCUT2D eigenvalue weighted by Crippen LogP contribution is 2.35. The summed E-state index contributed by atoms with van der Waals surface area (Å²) in [6, 6.07) is 7.94. The number of likely N-dealkylation sites (N-methyl/N-ethyl adjacent to an activating group) is 1. The van der Waals surface area contributed by atoms with Crippen LogP contribution in [0.1, 0.15) is 17.4 Å². The van der Waals surface area contributed by atoms with Gasteiger partial charge in [0.2, 0.25) is 5.91 Å². The van der Waals surface area contributed by atoms with Crippen LogP contribution in [0.4, 0.5) is 0 Å². The molecule has 134 valence electrons. The van der Waals surface area contributed by atoms with Gasteiger partial charge in [0.05, 0.1) is 13.1 Å². The molecule has 0 fully saturated rings. The Morgan fingerprint density at radius 2 is 2.08 bits per heavy atom. The number of nitrogens with zero attached hydrogens (tertiary/aromatic N) is 1. The van der Waals surface area contributed by atoms with Gasteiger partial charge >= 0.3 is 0 Å². The minimum absolute atomic E-state index is 0.0314. The molecule has 1 aliphatic heterocycles. The molecule has 1 N–H and O–H groups in total. The van der Waals surface area contributed by atoms with E-state index in [1.807, 2.05) is 29.6 Å². The van der Waals surface area contributed by atoms with Crippen LogP contribution in [0.25, 0.3) is 0 Å². The van der Waals surface area contributed by atoms with Crippen molar-refractivity contribution in [1.82, 2.24) is 10.2 Å². The molecule has 7 heteroatoms. The first-order chi connectivity index (χ1) is 12.2. The second kappa shape index (κ2) is 8.69. The number of hydrogen-bond acceptors (Lipinski definition) is 5. The Hall–Kier alpha value is -1.57. The molecule has 0 radical (unpaired) electrons. The number of ether oxygens (including phenoxy) is 2. The number of halogens is 1. The van der Waals surface area contributed by atoms with Crippen molar-refractivity contribution in [3.05, 3.63) is 44.6 Å². The molecule has 0 saturated carbocycles. The summed E-state index contributed by atoms with van der Waals surface area (Å²) in [4.78, 5) is 15.5. The van der Waals surface area contributed by atoms with E-state index in [0.29, 0.717) is 32.8 Å². The van der Waals surface area contributed by atoms with E-state index in [-0.39, 0.29) is 5.91 Å². The number of hydrogen-bond donors (Lipinski definition) is 1. The van der Waals surface area contributed by atoms with Crippen molar-refractivity contribution in [2.75, 3.05) is 26.3 Å². The van der Waals surface area contributed by atoms with Gasteiger partial charge in [-0.15, -0.1) is 11.3 Å². The summed E-state index contributed by atoms with van der Waals surface area (Å²) in [6.07, 6.45) is 0. The van der Waals surface area contributed by atoms with Crippen LogP contribution in [0.5, 0.6) is 11.5 Å². The van der Waals surface area contributed by atoms with E-state index in [1.165, 1.54) is 0 Å². The highest BCUT2D eigenvalue weighted by atomic mass is 79.9. The number of carbonyl (C=O) groups excluding carboxylic acids is 1. The number of nitrogens with one attached hydrogen (secondary N) is 1. The Morgan fingerprint density at radius 3 is 2.76 bits per heavy atom. The lowest BCUT2D eigenvalue weighted by Gasteiger charge is -2.23.